The Bertz CT molecular complexity index is 1920. The average Bonchev–Trinajstić information content (AvgIpc) is 3.53. The molecule has 2 atom stereocenters. The number of hydrogen-bond acceptors (Lipinski definition) is 8. The zero-order valence-electron chi connectivity index (χ0n) is 25.8. The first-order valence-electron chi connectivity index (χ1n) is 14.7. The quantitative estimate of drug-likeness (QED) is 0.176. The standard InChI is InChI=1S/C33H35F2N5O5S/c1-19(2)46(43,44)30-10-8-23(38-33(42)45-4)16-26(30)29-6-5-13-39(29)32(41)31(25-14-20(3)27(34)17-28(25)35)40(36)24-9-7-22-18-37-12-11-21(22)15-24/h7-12,14-19,29,31H,5-6,13,36H2,1-4H3,(H,38,42)/t29-,31+/m1/s1. The summed E-state index contributed by atoms with van der Waals surface area (Å²) in [6.07, 6.45) is 3.43. The van der Waals surface area contributed by atoms with Gasteiger partial charge in [0, 0.05) is 41.6 Å². The lowest BCUT2D eigenvalue weighted by atomic mass is 9.98. The summed E-state index contributed by atoms with van der Waals surface area (Å²) >= 11 is 0. The van der Waals surface area contributed by atoms with Crippen LogP contribution in [0.2, 0.25) is 0 Å². The number of anilines is 2. The highest BCUT2D eigenvalue weighted by atomic mass is 32.2. The van der Waals surface area contributed by atoms with Crippen LogP contribution in [-0.4, -0.2) is 49.2 Å². The van der Waals surface area contributed by atoms with Crippen LogP contribution in [0.4, 0.5) is 25.0 Å². The highest BCUT2D eigenvalue weighted by Gasteiger charge is 2.40. The molecule has 0 saturated carbocycles. The number of nitrogens with two attached hydrogens (primary N) is 1. The number of fused-ring (bicyclic) bond motifs is 1. The Morgan fingerprint density at radius 2 is 1.83 bits per heavy atom. The fraction of sp³-hybridized carbons (Fsp3) is 0.303. The van der Waals surface area contributed by atoms with Crippen LogP contribution < -0.4 is 16.2 Å². The van der Waals surface area contributed by atoms with Gasteiger partial charge in [-0.15, -0.1) is 0 Å². The normalized spacial score (nSPS) is 15.7. The summed E-state index contributed by atoms with van der Waals surface area (Å²) in [6, 6.07) is 11.1. The smallest absolute Gasteiger partial charge is 0.411 e. The van der Waals surface area contributed by atoms with Gasteiger partial charge in [0.1, 0.15) is 11.6 Å². The third-order valence-corrected chi connectivity index (χ3v) is 10.5. The number of rotatable bonds is 8. The van der Waals surface area contributed by atoms with Gasteiger partial charge in [-0.3, -0.25) is 20.1 Å². The molecule has 242 valence electrons. The number of hydrazine groups is 1. The fourth-order valence-corrected chi connectivity index (χ4v) is 7.04. The lowest BCUT2D eigenvalue weighted by Crippen LogP contribution is -2.46. The number of amides is 2. The molecular formula is C33H35F2N5O5S. The van der Waals surface area contributed by atoms with Crippen molar-refractivity contribution in [1.29, 1.82) is 0 Å². The molecule has 3 N–H and O–H groups in total. The maximum atomic E-state index is 15.6. The highest BCUT2D eigenvalue weighted by Crippen LogP contribution is 2.41. The van der Waals surface area contributed by atoms with Gasteiger partial charge in [-0.1, -0.05) is 6.07 Å². The number of pyridine rings is 1. The van der Waals surface area contributed by atoms with E-state index in [9.17, 15) is 22.4 Å². The summed E-state index contributed by atoms with van der Waals surface area (Å²) in [5.74, 6) is 4.32. The molecular weight excluding hydrogens is 616 g/mol. The van der Waals surface area contributed by atoms with Crippen LogP contribution >= 0.6 is 0 Å². The SMILES string of the molecule is COC(=O)Nc1ccc(S(=O)(=O)C(C)C)c([C@H]2CCCN2C(=O)[C@H](c2cc(C)c(F)cc2F)N(N)c2ccc3cnccc3c2)c1. The van der Waals surface area contributed by atoms with Gasteiger partial charge >= 0.3 is 6.09 Å². The van der Waals surface area contributed by atoms with Crippen LogP contribution in [-0.2, 0) is 19.4 Å². The Hall–Kier alpha value is -4.62. The first-order valence-corrected chi connectivity index (χ1v) is 16.2. The van der Waals surface area contributed by atoms with Gasteiger partial charge in [-0.05, 0) is 92.6 Å². The molecule has 0 aliphatic carbocycles. The monoisotopic (exact) mass is 651 g/mol. The molecule has 10 nitrogen and oxygen atoms in total. The zero-order valence-corrected chi connectivity index (χ0v) is 26.6. The Kier molecular flexibility index (Phi) is 9.27. The van der Waals surface area contributed by atoms with Gasteiger partial charge in [0.05, 0.1) is 29.0 Å². The number of carbonyl (C=O) groups excluding carboxylic acids is 2. The van der Waals surface area contributed by atoms with E-state index in [1.807, 2.05) is 0 Å². The minimum absolute atomic E-state index is 0.00992. The van der Waals surface area contributed by atoms with Crippen molar-refractivity contribution in [3.05, 3.63) is 95.3 Å². The van der Waals surface area contributed by atoms with Gasteiger partial charge in [-0.2, -0.15) is 0 Å². The molecule has 0 spiro atoms. The molecule has 3 aromatic carbocycles. The molecule has 1 saturated heterocycles. The number of benzene rings is 3. The number of aryl methyl sites for hydroxylation is 1. The van der Waals surface area contributed by atoms with Gasteiger partial charge in [0.2, 0.25) is 0 Å². The minimum atomic E-state index is -3.84. The molecule has 0 bridgehead atoms. The largest absolute Gasteiger partial charge is 0.453 e. The molecule has 0 unspecified atom stereocenters. The van der Waals surface area contributed by atoms with Crippen molar-refractivity contribution in [3.63, 3.8) is 0 Å². The van der Waals surface area contributed by atoms with Crippen LogP contribution in [0.1, 0.15) is 55.5 Å². The van der Waals surface area contributed by atoms with Crippen molar-refractivity contribution in [2.24, 2.45) is 5.84 Å². The van der Waals surface area contributed by atoms with E-state index >= 15 is 4.39 Å². The Morgan fingerprint density at radius 1 is 1.07 bits per heavy atom. The number of halogens is 2. The maximum absolute atomic E-state index is 15.6. The predicted octanol–water partition coefficient (Wildman–Crippen LogP) is 5.97. The second-order valence-electron chi connectivity index (χ2n) is 11.5. The van der Waals surface area contributed by atoms with Crippen molar-refractivity contribution in [1.82, 2.24) is 9.88 Å². The van der Waals surface area contributed by atoms with E-state index in [1.54, 1.807) is 50.5 Å². The minimum Gasteiger partial charge on any atom is -0.453 e. The van der Waals surface area contributed by atoms with Gasteiger partial charge in [-0.25, -0.2) is 27.8 Å². The number of nitrogens with zero attached hydrogens (tertiary/aromatic N) is 3. The molecule has 13 heteroatoms. The van der Waals surface area contributed by atoms with Gasteiger partial charge in [0.15, 0.2) is 15.9 Å². The zero-order chi connectivity index (χ0) is 33.3. The topological polar surface area (TPSA) is 135 Å². The van der Waals surface area contributed by atoms with Crippen molar-refractivity contribution < 1.29 is 31.5 Å². The molecule has 1 aliphatic rings. The molecule has 46 heavy (non-hydrogen) atoms. The molecule has 0 radical (unpaired) electrons. The number of aromatic nitrogens is 1. The summed E-state index contributed by atoms with van der Waals surface area (Å²) in [5.41, 5.74) is 0.943. The van der Waals surface area contributed by atoms with Crippen molar-refractivity contribution in [3.8, 4) is 0 Å². The molecule has 2 amide bonds. The Balaban J connectivity index is 1.64. The second-order valence-corrected chi connectivity index (χ2v) is 14.0. The van der Waals surface area contributed by atoms with E-state index in [2.05, 4.69) is 10.3 Å². The van der Waals surface area contributed by atoms with Crippen LogP contribution in [0.15, 0.2) is 71.9 Å². The number of likely N-dealkylation sites (tertiary alicyclic amines) is 1. The second kappa shape index (κ2) is 13.0. The van der Waals surface area contributed by atoms with E-state index < -0.39 is 50.8 Å². The maximum Gasteiger partial charge on any atom is 0.411 e. The average molecular weight is 652 g/mol. The highest BCUT2D eigenvalue weighted by molar-refractivity contribution is 7.92. The summed E-state index contributed by atoms with van der Waals surface area (Å²) in [6.45, 7) is 4.79. The summed E-state index contributed by atoms with van der Waals surface area (Å²) < 4.78 is 61.7. The lowest BCUT2D eigenvalue weighted by Gasteiger charge is -2.35. The third kappa shape index (κ3) is 6.24. The lowest BCUT2D eigenvalue weighted by molar-refractivity contribution is -0.134. The molecule has 1 fully saturated rings. The predicted molar refractivity (Wildman–Crippen MR) is 171 cm³/mol. The number of sulfone groups is 1. The van der Waals surface area contributed by atoms with Crippen LogP contribution in [0.3, 0.4) is 0 Å². The number of nitrogens with one attached hydrogen (secondary N) is 1. The summed E-state index contributed by atoms with van der Waals surface area (Å²) in [7, 11) is -2.64. The van der Waals surface area contributed by atoms with E-state index in [-0.39, 0.29) is 28.3 Å². The van der Waals surface area contributed by atoms with E-state index in [0.29, 0.717) is 24.1 Å². The van der Waals surface area contributed by atoms with Crippen molar-refractivity contribution in [2.45, 2.75) is 55.8 Å². The Labute approximate surface area is 266 Å². The fourth-order valence-electron chi connectivity index (χ4n) is 5.75. The molecule has 5 rings (SSSR count). The molecule has 1 aliphatic heterocycles. The number of ether oxygens (including phenoxy) is 1. The van der Waals surface area contributed by atoms with E-state index in [4.69, 9.17) is 10.6 Å². The van der Waals surface area contributed by atoms with E-state index in [0.717, 1.165) is 21.8 Å². The first kappa shape index (κ1) is 32.8. The van der Waals surface area contributed by atoms with Crippen molar-refractivity contribution in [2.75, 3.05) is 24.0 Å². The van der Waals surface area contributed by atoms with Crippen LogP contribution in [0.5, 0.6) is 0 Å². The first-order chi connectivity index (χ1) is 21.8. The van der Waals surface area contributed by atoms with E-state index in [1.165, 1.54) is 43.2 Å². The van der Waals surface area contributed by atoms with Crippen molar-refractivity contribution >= 4 is 44.0 Å². The third-order valence-electron chi connectivity index (χ3n) is 8.27. The number of carbonyl (C=O) groups is 2. The summed E-state index contributed by atoms with van der Waals surface area (Å²) in [4.78, 5) is 32.3. The molecule has 2 heterocycles. The van der Waals surface area contributed by atoms with Gasteiger partial charge in [0.25, 0.3) is 5.91 Å². The number of methoxy groups -OCH3 is 1. The van der Waals surface area contributed by atoms with Gasteiger partial charge < -0.3 is 9.64 Å². The Morgan fingerprint density at radius 3 is 2.54 bits per heavy atom. The number of hydrogen-bond donors (Lipinski definition) is 2. The molecule has 1 aromatic heterocycles. The van der Waals surface area contributed by atoms with Crippen LogP contribution in [0.25, 0.3) is 10.8 Å². The molecule has 4 aromatic rings. The summed E-state index contributed by atoms with van der Waals surface area (Å²) in [5, 5.41) is 4.53. The van der Waals surface area contributed by atoms with Crippen LogP contribution in [0, 0.1) is 18.6 Å².